The van der Waals surface area contributed by atoms with Gasteiger partial charge in [0.05, 0.1) is 13.2 Å². The summed E-state index contributed by atoms with van der Waals surface area (Å²) in [4.78, 5) is 2.25. The van der Waals surface area contributed by atoms with Crippen molar-refractivity contribution in [2.24, 2.45) is 0 Å². The molecule has 104 valence electrons. The van der Waals surface area contributed by atoms with E-state index in [1.807, 2.05) is 0 Å². The molecule has 0 aromatic carbocycles. The first kappa shape index (κ1) is 16.8. The minimum absolute atomic E-state index is 0.00583. The summed E-state index contributed by atoms with van der Waals surface area (Å²) in [5.41, 5.74) is 0. The average Bonchev–Trinajstić information content (AvgIpc) is 2.27. The first-order chi connectivity index (χ1) is 8.11. The molecule has 0 radical (unpaired) electrons. The first-order valence-corrected chi connectivity index (χ1v) is 6.51. The second kappa shape index (κ2) is 10.9. The van der Waals surface area contributed by atoms with Crippen molar-refractivity contribution in [1.29, 1.82) is 0 Å². The van der Waals surface area contributed by atoms with Gasteiger partial charge < -0.3 is 15.4 Å². The molecule has 5 nitrogen and oxygen atoms in total. The van der Waals surface area contributed by atoms with Gasteiger partial charge in [0.15, 0.2) is 0 Å². The van der Waals surface area contributed by atoms with Crippen LogP contribution in [0.25, 0.3) is 0 Å². The molecule has 0 fully saturated rings. The number of hydroxylamine groups is 2. The van der Waals surface area contributed by atoms with Crippen LogP contribution < -0.4 is 0 Å². The molecule has 0 aliphatic heterocycles. The number of aliphatic hydroxyl groups excluding tert-OH is 2. The number of nitrogens with zero attached hydrogens (tertiary/aromatic N) is 2. The second-order valence-corrected chi connectivity index (χ2v) is 4.59. The quantitative estimate of drug-likeness (QED) is 0.368. The van der Waals surface area contributed by atoms with Crippen molar-refractivity contribution in [3.05, 3.63) is 0 Å². The Labute approximate surface area is 105 Å². The van der Waals surface area contributed by atoms with Crippen LogP contribution in [-0.4, -0.2) is 70.8 Å². The Morgan fingerprint density at radius 3 is 1.94 bits per heavy atom. The fourth-order valence-electron chi connectivity index (χ4n) is 1.77. The van der Waals surface area contributed by atoms with E-state index in [0.29, 0.717) is 19.1 Å². The van der Waals surface area contributed by atoms with Crippen LogP contribution in [0.2, 0.25) is 0 Å². The minimum Gasteiger partial charge on any atom is -0.395 e. The Hall–Kier alpha value is -0.200. The molecule has 0 rings (SSSR count). The Balaban J connectivity index is 3.48. The van der Waals surface area contributed by atoms with Gasteiger partial charge in [-0.1, -0.05) is 6.42 Å². The largest absolute Gasteiger partial charge is 0.395 e. The summed E-state index contributed by atoms with van der Waals surface area (Å²) in [6.07, 6.45) is 3.06. The Kier molecular flexibility index (Phi) is 10.8. The van der Waals surface area contributed by atoms with Crippen molar-refractivity contribution in [2.75, 3.05) is 39.4 Å². The molecule has 5 heteroatoms. The van der Waals surface area contributed by atoms with Gasteiger partial charge in [0.25, 0.3) is 0 Å². The first-order valence-electron chi connectivity index (χ1n) is 6.51. The van der Waals surface area contributed by atoms with Crippen molar-refractivity contribution in [1.82, 2.24) is 9.96 Å². The fraction of sp³-hybridized carbons (Fsp3) is 1.00. The summed E-state index contributed by atoms with van der Waals surface area (Å²) in [7, 11) is 0. The molecular weight excluding hydrogens is 220 g/mol. The van der Waals surface area contributed by atoms with Crippen LogP contribution in [0.3, 0.4) is 0 Å². The van der Waals surface area contributed by atoms with Crippen LogP contribution >= 0.6 is 0 Å². The van der Waals surface area contributed by atoms with Crippen LogP contribution in [0.1, 0.15) is 33.1 Å². The maximum atomic E-state index is 9.26. The summed E-state index contributed by atoms with van der Waals surface area (Å²) in [6.45, 7) is 7.12. The van der Waals surface area contributed by atoms with Crippen molar-refractivity contribution in [2.45, 2.75) is 39.2 Å². The second-order valence-electron chi connectivity index (χ2n) is 4.59. The maximum Gasteiger partial charge on any atom is 0.0581 e. The average molecular weight is 248 g/mol. The third-order valence-electron chi connectivity index (χ3n) is 2.84. The molecule has 3 N–H and O–H groups in total. The zero-order chi connectivity index (χ0) is 13.1. The topological polar surface area (TPSA) is 67.2 Å². The Morgan fingerprint density at radius 1 is 0.824 bits per heavy atom. The van der Waals surface area contributed by atoms with E-state index in [-0.39, 0.29) is 13.2 Å². The van der Waals surface area contributed by atoms with Gasteiger partial charge in [0.2, 0.25) is 0 Å². The van der Waals surface area contributed by atoms with Crippen molar-refractivity contribution < 1.29 is 15.4 Å². The van der Waals surface area contributed by atoms with E-state index in [0.717, 1.165) is 37.4 Å². The lowest BCUT2D eigenvalue weighted by molar-refractivity contribution is -0.0991. The lowest BCUT2D eigenvalue weighted by atomic mass is 10.2. The van der Waals surface area contributed by atoms with Crippen LogP contribution in [0.4, 0.5) is 0 Å². The van der Waals surface area contributed by atoms with Gasteiger partial charge >= 0.3 is 0 Å². The highest BCUT2D eigenvalue weighted by atomic mass is 16.5. The lowest BCUT2D eigenvalue weighted by Gasteiger charge is -2.25. The third-order valence-corrected chi connectivity index (χ3v) is 2.84. The smallest absolute Gasteiger partial charge is 0.0581 e. The summed E-state index contributed by atoms with van der Waals surface area (Å²) in [5.74, 6) is 0. The fourth-order valence-corrected chi connectivity index (χ4v) is 1.77. The molecule has 0 aromatic rings. The number of hydrogen-bond acceptors (Lipinski definition) is 5. The lowest BCUT2D eigenvalue weighted by Crippen LogP contribution is -2.34. The highest BCUT2D eigenvalue weighted by Gasteiger charge is 2.07. The highest BCUT2D eigenvalue weighted by Crippen LogP contribution is 2.03. The molecule has 0 amide bonds. The molecule has 0 aromatic heterocycles. The third kappa shape index (κ3) is 9.50. The van der Waals surface area contributed by atoms with Crippen molar-refractivity contribution in [3.8, 4) is 0 Å². The van der Waals surface area contributed by atoms with E-state index in [4.69, 9.17) is 10.2 Å². The summed E-state index contributed by atoms with van der Waals surface area (Å²) in [6, 6.07) is 0.464. The monoisotopic (exact) mass is 248 g/mol. The number of unbranched alkanes of at least 4 members (excludes halogenated alkanes) is 2. The number of rotatable bonds is 11. The standard InChI is InChI=1S/C12H28N2O3/c1-12(2)13(8-10-15)6-4-3-5-7-14(17)9-11-16/h12,15-17H,3-11H2,1-2H3. The van der Waals surface area contributed by atoms with Gasteiger partial charge in [-0.15, -0.1) is 0 Å². The molecular formula is C12H28N2O3. The summed E-state index contributed by atoms with van der Waals surface area (Å²) >= 11 is 0. The zero-order valence-corrected chi connectivity index (χ0v) is 11.2. The Morgan fingerprint density at radius 2 is 1.41 bits per heavy atom. The van der Waals surface area contributed by atoms with E-state index in [9.17, 15) is 5.21 Å². The van der Waals surface area contributed by atoms with E-state index in [1.165, 1.54) is 0 Å². The van der Waals surface area contributed by atoms with Gasteiger partial charge in [-0.2, -0.15) is 5.06 Å². The normalized spacial score (nSPS) is 12.0. The van der Waals surface area contributed by atoms with Gasteiger partial charge in [-0.3, -0.25) is 4.90 Å². The SMILES string of the molecule is CC(C)N(CCO)CCCCCN(O)CCO. The zero-order valence-electron chi connectivity index (χ0n) is 11.2. The van der Waals surface area contributed by atoms with Gasteiger partial charge in [0, 0.05) is 25.7 Å². The predicted octanol–water partition coefficient (Wildman–Crippen LogP) is 0.543. The van der Waals surface area contributed by atoms with E-state index < -0.39 is 0 Å². The molecule has 0 heterocycles. The van der Waals surface area contributed by atoms with Crippen LogP contribution in [0, 0.1) is 0 Å². The summed E-state index contributed by atoms with van der Waals surface area (Å²) in [5, 5.41) is 27.9. The molecule has 0 bridgehead atoms. The van der Waals surface area contributed by atoms with E-state index in [1.54, 1.807) is 0 Å². The summed E-state index contributed by atoms with van der Waals surface area (Å²) < 4.78 is 0. The Bertz CT molecular complexity index is 168. The number of hydrogen-bond donors (Lipinski definition) is 3. The molecule has 0 aliphatic carbocycles. The maximum absolute atomic E-state index is 9.26. The molecule has 0 unspecified atom stereocenters. The predicted molar refractivity (Wildman–Crippen MR) is 68.1 cm³/mol. The van der Waals surface area contributed by atoms with E-state index in [2.05, 4.69) is 18.7 Å². The molecule has 0 saturated heterocycles. The molecule has 0 spiro atoms. The minimum atomic E-state index is -0.00583. The molecule has 0 saturated carbocycles. The van der Waals surface area contributed by atoms with Crippen molar-refractivity contribution >= 4 is 0 Å². The molecule has 0 aliphatic rings. The van der Waals surface area contributed by atoms with Crippen LogP contribution in [-0.2, 0) is 0 Å². The van der Waals surface area contributed by atoms with Crippen LogP contribution in [0.15, 0.2) is 0 Å². The van der Waals surface area contributed by atoms with Crippen molar-refractivity contribution in [3.63, 3.8) is 0 Å². The van der Waals surface area contributed by atoms with E-state index >= 15 is 0 Å². The number of aliphatic hydroxyl groups is 2. The highest BCUT2D eigenvalue weighted by molar-refractivity contribution is 4.62. The molecule has 0 atom stereocenters. The van der Waals surface area contributed by atoms with Gasteiger partial charge in [-0.05, 0) is 33.2 Å². The molecule has 17 heavy (non-hydrogen) atoms. The van der Waals surface area contributed by atoms with Gasteiger partial charge in [-0.25, -0.2) is 0 Å². The van der Waals surface area contributed by atoms with Crippen LogP contribution in [0.5, 0.6) is 0 Å². The van der Waals surface area contributed by atoms with Gasteiger partial charge in [0.1, 0.15) is 0 Å².